The van der Waals surface area contributed by atoms with Crippen LogP contribution in [0.1, 0.15) is 46.0 Å². The molecule has 0 aliphatic heterocycles. The highest BCUT2D eigenvalue weighted by molar-refractivity contribution is 5.76. The largest absolute Gasteiger partial charge is 0.345 e. The van der Waals surface area contributed by atoms with Crippen molar-refractivity contribution in [3.05, 3.63) is 16.8 Å². The summed E-state index contributed by atoms with van der Waals surface area (Å²) in [6.45, 7) is 6.22. The summed E-state index contributed by atoms with van der Waals surface area (Å²) in [6, 6.07) is 0. The third kappa shape index (κ3) is 4.83. The lowest BCUT2D eigenvalue weighted by atomic mass is 10.2. The van der Waals surface area contributed by atoms with Crippen molar-refractivity contribution < 1.29 is 4.79 Å². The number of carbonyl (C=O) groups is 1. The smallest absolute Gasteiger partial charge is 0.343 e. The van der Waals surface area contributed by atoms with Gasteiger partial charge in [-0.25, -0.2) is 9.48 Å². The molecule has 1 rings (SSSR count). The van der Waals surface area contributed by atoms with E-state index in [2.05, 4.69) is 18.9 Å². The predicted molar refractivity (Wildman–Crippen MR) is 78.5 cm³/mol. The van der Waals surface area contributed by atoms with Crippen LogP contribution in [0.2, 0.25) is 0 Å². The zero-order chi connectivity index (χ0) is 15.0. The molecule has 0 fully saturated rings. The molecule has 114 valence electrons. The zero-order valence-electron chi connectivity index (χ0n) is 12.8. The molecule has 0 aliphatic rings. The fourth-order valence-corrected chi connectivity index (χ4v) is 1.99. The van der Waals surface area contributed by atoms with E-state index in [4.69, 9.17) is 0 Å². The minimum Gasteiger partial charge on any atom is -0.343 e. The molecule has 1 heterocycles. The topological polar surface area (TPSA) is 60.1 Å². The maximum atomic E-state index is 12.2. The lowest BCUT2D eigenvalue weighted by Crippen LogP contribution is -2.34. The first-order valence-electron chi connectivity index (χ1n) is 7.46. The average Bonchev–Trinajstić information content (AvgIpc) is 2.76. The van der Waals surface area contributed by atoms with Gasteiger partial charge >= 0.3 is 5.69 Å². The van der Waals surface area contributed by atoms with Gasteiger partial charge in [-0.1, -0.05) is 26.7 Å². The van der Waals surface area contributed by atoms with Crippen molar-refractivity contribution in [2.45, 2.75) is 52.5 Å². The van der Waals surface area contributed by atoms with E-state index >= 15 is 0 Å². The summed E-state index contributed by atoms with van der Waals surface area (Å²) in [6.07, 6.45) is 6.02. The summed E-state index contributed by atoms with van der Waals surface area (Å²) in [5.41, 5.74) is -0.175. The van der Waals surface area contributed by atoms with Gasteiger partial charge in [0.15, 0.2) is 0 Å². The van der Waals surface area contributed by atoms with Gasteiger partial charge in [-0.15, -0.1) is 0 Å². The minimum atomic E-state index is -0.175. The number of hydrogen-bond acceptors (Lipinski definition) is 3. The number of amides is 1. The highest BCUT2D eigenvalue weighted by atomic mass is 16.2. The predicted octanol–water partition coefficient (Wildman–Crippen LogP) is 1.40. The summed E-state index contributed by atoms with van der Waals surface area (Å²) in [5.74, 6) is 0.115. The molecule has 0 aromatic carbocycles. The van der Waals surface area contributed by atoms with Crippen LogP contribution < -0.4 is 5.69 Å². The van der Waals surface area contributed by atoms with E-state index in [1.807, 2.05) is 4.90 Å². The summed E-state index contributed by atoms with van der Waals surface area (Å²) in [5, 5.41) is 3.97. The Hall–Kier alpha value is -1.59. The van der Waals surface area contributed by atoms with E-state index in [1.165, 1.54) is 15.6 Å². The number of nitrogens with zero attached hydrogens (tertiary/aromatic N) is 4. The molecule has 0 unspecified atom stereocenters. The highest BCUT2D eigenvalue weighted by Gasteiger charge is 2.13. The first kappa shape index (κ1) is 16.5. The summed E-state index contributed by atoms with van der Waals surface area (Å²) < 4.78 is 2.76. The van der Waals surface area contributed by atoms with Gasteiger partial charge < -0.3 is 4.90 Å². The van der Waals surface area contributed by atoms with Gasteiger partial charge in [0.05, 0.1) is 6.54 Å². The maximum Gasteiger partial charge on any atom is 0.345 e. The molecular weight excluding hydrogens is 256 g/mol. The van der Waals surface area contributed by atoms with Gasteiger partial charge in [-0.05, 0) is 12.8 Å². The third-order valence-electron chi connectivity index (χ3n) is 3.34. The quantitative estimate of drug-likeness (QED) is 0.688. The summed E-state index contributed by atoms with van der Waals surface area (Å²) in [4.78, 5) is 25.8. The van der Waals surface area contributed by atoms with Crippen LogP contribution in [0, 0.1) is 0 Å². The molecule has 0 saturated heterocycles. The van der Waals surface area contributed by atoms with Crippen LogP contribution in [0.15, 0.2) is 11.1 Å². The van der Waals surface area contributed by atoms with E-state index in [-0.39, 0.29) is 11.6 Å². The Morgan fingerprint density at radius 1 is 1.25 bits per heavy atom. The van der Waals surface area contributed by atoms with Gasteiger partial charge in [0.1, 0.15) is 6.33 Å². The van der Waals surface area contributed by atoms with E-state index in [9.17, 15) is 9.59 Å². The second kappa shape index (κ2) is 8.55. The first-order valence-corrected chi connectivity index (χ1v) is 7.46. The Balaban J connectivity index is 2.52. The molecule has 1 aromatic rings. The Morgan fingerprint density at radius 3 is 2.30 bits per heavy atom. The zero-order valence-corrected chi connectivity index (χ0v) is 12.8. The second-order valence-corrected chi connectivity index (χ2v) is 5.09. The maximum absolute atomic E-state index is 12.2. The number of aromatic nitrogens is 3. The Morgan fingerprint density at radius 2 is 1.85 bits per heavy atom. The normalized spacial score (nSPS) is 10.8. The van der Waals surface area contributed by atoms with Gasteiger partial charge in [-0.3, -0.25) is 9.36 Å². The van der Waals surface area contributed by atoms with Crippen molar-refractivity contribution in [3.63, 3.8) is 0 Å². The summed E-state index contributed by atoms with van der Waals surface area (Å²) in [7, 11) is 1.66. The third-order valence-corrected chi connectivity index (χ3v) is 3.34. The molecular formula is C14H26N4O2. The van der Waals surface area contributed by atoms with E-state index in [0.29, 0.717) is 13.0 Å². The molecule has 0 N–H and O–H groups in total. The standard InChI is InChI=1S/C14H26N4O2/c1-4-6-9-17(10-7-5-2)13(19)8-11-18-14(20)16(3)12-15-18/h12H,4-11H2,1-3H3. The minimum absolute atomic E-state index is 0.115. The molecule has 20 heavy (non-hydrogen) atoms. The van der Waals surface area contributed by atoms with Crippen molar-refractivity contribution in [2.24, 2.45) is 7.05 Å². The van der Waals surface area contributed by atoms with E-state index < -0.39 is 0 Å². The number of aryl methyl sites for hydroxylation is 2. The van der Waals surface area contributed by atoms with Crippen LogP contribution in [-0.2, 0) is 18.4 Å². The lowest BCUT2D eigenvalue weighted by Gasteiger charge is -2.22. The summed E-state index contributed by atoms with van der Waals surface area (Å²) >= 11 is 0. The lowest BCUT2D eigenvalue weighted by molar-refractivity contribution is -0.131. The Labute approximate surface area is 120 Å². The van der Waals surface area contributed by atoms with E-state index in [1.54, 1.807) is 7.05 Å². The second-order valence-electron chi connectivity index (χ2n) is 5.09. The van der Waals surface area contributed by atoms with Crippen LogP contribution in [0.5, 0.6) is 0 Å². The fourth-order valence-electron chi connectivity index (χ4n) is 1.99. The fraction of sp³-hybridized carbons (Fsp3) is 0.786. The first-order chi connectivity index (χ1) is 9.60. The SMILES string of the molecule is CCCCN(CCCC)C(=O)CCn1ncn(C)c1=O. The molecule has 6 heteroatoms. The average molecular weight is 282 g/mol. The molecule has 0 radical (unpaired) electrons. The molecule has 0 bridgehead atoms. The van der Waals surface area contributed by atoms with E-state index in [0.717, 1.165) is 38.8 Å². The van der Waals surface area contributed by atoms with Gasteiger partial charge in [-0.2, -0.15) is 5.10 Å². The molecule has 1 amide bonds. The molecule has 0 spiro atoms. The van der Waals surface area contributed by atoms with Crippen LogP contribution in [-0.4, -0.2) is 38.2 Å². The molecule has 1 aromatic heterocycles. The van der Waals surface area contributed by atoms with Gasteiger partial charge in [0.25, 0.3) is 0 Å². The van der Waals surface area contributed by atoms with Crippen molar-refractivity contribution in [1.82, 2.24) is 19.2 Å². The molecule has 0 saturated carbocycles. The van der Waals surface area contributed by atoms with Crippen molar-refractivity contribution >= 4 is 5.91 Å². The van der Waals surface area contributed by atoms with Crippen LogP contribution in [0.4, 0.5) is 0 Å². The molecule has 0 aliphatic carbocycles. The van der Waals surface area contributed by atoms with Gasteiger partial charge in [0.2, 0.25) is 5.91 Å². The highest BCUT2D eigenvalue weighted by Crippen LogP contribution is 2.03. The van der Waals surface area contributed by atoms with Crippen molar-refractivity contribution in [3.8, 4) is 0 Å². The van der Waals surface area contributed by atoms with Crippen LogP contribution in [0.25, 0.3) is 0 Å². The monoisotopic (exact) mass is 282 g/mol. The van der Waals surface area contributed by atoms with Crippen molar-refractivity contribution in [1.29, 1.82) is 0 Å². The number of unbranched alkanes of at least 4 members (excludes halogenated alkanes) is 2. The Kier molecular flexibility index (Phi) is 7.04. The Bertz CT molecular complexity index is 456. The number of carbonyl (C=O) groups excluding carboxylic acids is 1. The van der Waals surface area contributed by atoms with Crippen molar-refractivity contribution in [2.75, 3.05) is 13.1 Å². The molecule has 0 atom stereocenters. The number of rotatable bonds is 9. The van der Waals surface area contributed by atoms with Crippen LogP contribution in [0.3, 0.4) is 0 Å². The van der Waals surface area contributed by atoms with Gasteiger partial charge in [0, 0.05) is 26.6 Å². The molecule has 6 nitrogen and oxygen atoms in total. The number of hydrogen-bond donors (Lipinski definition) is 0. The van der Waals surface area contributed by atoms with Crippen LogP contribution >= 0.6 is 0 Å².